The fourth-order valence-corrected chi connectivity index (χ4v) is 16.6. The Hall–Kier alpha value is -11.3. The van der Waals surface area contributed by atoms with Crippen LogP contribution < -0.4 is 29.2 Å². The highest BCUT2D eigenvalue weighted by molar-refractivity contribution is 6.36. The lowest BCUT2D eigenvalue weighted by Crippen LogP contribution is -2.48. The zero-order chi connectivity index (χ0) is 84.4. The van der Waals surface area contributed by atoms with Crippen LogP contribution in [0, 0.1) is 17.5 Å². The molecule has 12 aromatic rings. The van der Waals surface area contributed by atoms with E-state index in [-0.39, 0.29) is 95.4 Å². The number of carbonyl (C=O) groups is 3. The SMILES string of the molecule is C=CC(=O)N1CCN(c2nc(N(C)CCN(C)C)nc3c(F)c(-c4cc(O)cc5ccccc45)c(Cl)cc23)CC1.CC(=O)N1CCN(c2nc(N(C)CCN(C)C)nc3c(F)c(-c4cc(O)cc5ccccc45)c(Cl)cc23)CC1.CC(=O)N1CCN(c2nc(OC3CCN(C)CC3)nc3c(F)c(-c4cc(O)cc5ccccc45)c(Cl)cc23)CC1. The minimum absolute atomic E-state index is 0.0160. The van der Waals surface area contributed by atoms with Crippen molar-refractivity contribution < 1.29 is 47.6 Å². The lowest BCUT2D eigenvalue weighted by molar-refractivity contribution is -0.129. The van der Waals surface area contributed by atoms with Gasteiger partial charge in [-0.25, -0.2) is 23.1 Å². The monoisotopic (exact) mass is 1680 g/mol. The first-order valence-corrected chi connectivity index (χ1v) is 40.7. The van der Waals surface area contributed by atoms with Crippen molar-refractivity contribution in [2.45, 2.75) is 32.8 Å². The molecule has 119 heavy (non-hydrogen) atoms. The Bertz CT molecular complexity index is 5880. The summed E-state index contributed by atoms with van der Waals surface area (Å²) in [6.45, 7) is 17.7. The van der Waals surface area contributed by atoms with Gasteiger partial charge in [-0.2, -0.15) is 19.9 Å². The zero-order valence-corrected chi connectivity index (χ0v) is 70.2. The third-order valence-electron chi connectivity index (χ3n) is 22.4. The van der Waals surface area contributed by atoms with Crippen LogP contribution in [0.4, 0.5) is 42.5 Å². The molecule has 7 heterocycles. The number of phenolic OH excluding ortho intramolecular Hbond substituents is 3. The van der Waals surface area contributed by atoms with Crippen LogP contribution in [0.25, 0.3) is 98.4 Å². The predicted octanol–water partition coefficient (Wildman–Crippen LogP) is 14.5. The van der Waals surface area contributed by atoms with Gasteiger partial charge in [0.2, 0.25) is 29.6 Å². The third kappa shape index (κ3) is 18.2. The van der Waals surface area contributed by atoms with E-state index in [0.29, 0.717) is 154 Å². The lowest BCUT2D eigenvalue weighted by Gasteiger charge is -2.35. The van der Waals surface area contributed by atoms with Crippen molar-refractivity contribution in [3.63, 3.8) is 0 Å². The van der Waals surface area contributed by atoms with Crippen molar-refractivity contribution in [2.24, 2.45) is 0 Å². The molecule has 30 heteroatoms. The number of anilines is 5. The average molecular weight is 1680 g/mol. The maximum absolute atomic E-state index is 16.6. The van der Waals surface area contributed by atoms with Gasteiger partial charge in [0.15, 0.2) is 17.5 Å². The lowest BCUT2D eigenvalue weighted by atomic mass is 9.96. The van der Waals surface area contributed by atoms with Gasteiger partial charge in [0, 0.05) is 179 Å². The smallest absolute Gasteiger partial charge is 0.319 e. The van der Waals surface area contributed by atoms with Gasteiger partial charge in [0.05, 0.1) is 15.1 Å². The molecule has 4 aliphatic heterocycles. The summed E-state index contributed by atoms with van der Waals surface area (Å²) in [5.41, 5.74) is 2.39. The van der Waals surface area contributed by atoms with E-state index >= 15 is 13.2 Å². The van der Waals surface area contributed by atoms with Gasteiger partial charge in [0.25, 0.3) is 0 Å². The van der Waals surface area contributed by atoms with Gasteiger partial charge >= 0.3 is 6.01 Å². The second-order valence-corrected chi connectivity index (χ2v) is 32.3. The van der Waals surface area contributed by atoms with E-state index in [1.54, 1.807) is 64.9 Å². The molecule has 0 saturated carbocycles. The fourth-order valence-electron chi connectivity index (χ4n) is 15.7. The molecule has 4 fully saturated rings. The van der Waals surface area contributed by atoms with Crippen LogP contribution in [-0.2, 0) is 14.4 Å². The summed E-state index contributed by atoms with van der Waals surface area (Å²) in [6.07, 6.45) is 2.90. The molecule has 24 nitrogen and oxygen atoms in total. The highest BCUT2D eigenvalue weighted by atomic mass is 35.5. The summed E-state index contributed by atoms with van der Waals surface area (Å²) in [4.78, 5) is 86.0. The number of fused-ring (bicyclic) bond motifs is 6. The summed E-state index contributed by atoms with van der Waals surface area (Å²) < 4.78 is 56.1. The van der Waals surface area contributed by atoms with Crippen LogP contribution in [0.2, 0.25) is 15.1 Å². The number of benzene rings is 9. The van der Waals surface area contributed by atoms with Crippen LogP contribution in [0.5, 0.6) is 23.3 Å². The van der Waals surface area contributed by atoms with E-state index in [9.17, 15) is 29.7 Å². The van der Waals surface area contributed by atoms with Crippen molar-refractivity contribution in [3.05, 3.63) is 173 Å². The number of piperazine rings is 3. The van der Waals surface area contributed by atoms with E-state index in [4.69, 9.17) is 64.5 Å². The van der Waals surface area contributed by atoms with Gasteiger partial charge in [-0.05, 0) is 158 Å². The molecule has 0 radical (unpaired) electrons. The molecule has 0 aliphatic carbocycles. The van der Waals surface area contributed by atoms with Crippen LogP contribution >= 0.6 is 34.8 Å². The molecular weight excluding hydrogens is 1580 g/mol. The largest absolute Gasteiger partial charge is 0.508 e. The Morgan fingerprint density at radius 1 is 0.445 bits per heavy atom. The number of phenols is 3. The molecular formula is C89H95Cl3F3N17O7. The Morgan fingerprint density at radius 2 is 0.773 bits per heavy atom. The van der Waals surface area contributed by atoms with Gasteiger partial charge in [-0.1, -0.05) is 114 Å². The summed E-state index contributed by atoms with van der Waals surface area (Å²) in [5, 5.41) is 38.0. The van der Waals surface area contributed by atoms with Crippen LogP contribution in [0.3, 0.4) is 0 Å². The number of ether oxygens (including phenoxy) is 1. The first kappa shape index (κ1) is 84.1. The molecule has 4 saturated heterocycles. The number of aromatic nitrogens is 6. The summed E-state index contributed by atoms with van der Waals surface area (Å²) in [5.74, 6) is 0.725. The Labute approximate surface area is 703 Å². The summed E-state index contributed by atoms with van der Waals surface area (Å²) >= 11 is 20.4. The average Bonchev–Trinajstić information content (AvgIpc) is 0.751. The quantitative estimate of drug-likeness (QED) is 0.0719. The number of carbonyl (C=O) groups excluding carboxylic acids is 3. The van der Waals surface area contributed by atoms with Crippen molar-refractivity contribution in [1.29, 1.82) is 0 Å². The van der Waals surface area contributed by atoms with Crippen molar-refractivity contribution in [1.82, 2.24) is 59.3 Å². The van der Waals surface area contributed by atoms with Gasteiger partial charge in [0.1, 0.15) is 57.4 Å². The van der Waals surface area contributed by atoms with Crippen LogP contribution in [0.1, 0.15) is 26.7 Å². The van der Waals surface area contributed by atoms with Crippen molar-refractivity contribution in [2.75, 3.05) is 192 Å². The third-order valence-corrected chi connectivity index (χ3v) is 23.3. The van der Waals surface area contributed by atoms with Crippen LogP contribution in [0.15, 0.2) is 140 Å². The maximum atomic E-state index is 16.6. The highest BCUT2D eigenvalue weighted by Crippen LogP contribution is 2.47. The fraction of sp³-hybridized carbons (Fsp3) is 0.337. The standard InChI is InChI=1S/C30H32ClFN6O2.C30H31ClFN5O3.C29H32ClFN6O2/c1-5-25(40)37-12-14-38(15-13-37)29-23-18-24(31)26(22-17-20(39)16-19-8-6-7-9-21(19)22)27(32)28(23)33-30(34-29)36(4)11-10-35(2)3;1-18(38)36-11-13-37(14-12-36)29-24-17-25(31)26(23-16-20(39)15-19-5-3-4-6-22(19)23)27(32)28(24)33-30(34-29)40-21-7-9-35(2)10-8-21;1-18(38)36-11-13-37(14-12-36)28-23-17-24(30)25(22-16-20(39)15-19-7-5-6-8-21(19)22)26(31)27(23)32-29(33-28)35(4)10-9-34(2)3/h5-9,16-18,39H,1,10-15H2,2-4H3;3-6,15-17,21,39H,7-14H2,1-2H3;5-8,15-17,39H,9-14H2,1-4H3. The van der Waals surface area contributed by atoms with Crippen LogP contribution in [-0.4, -0.2) is 266 Å². The second kappa shape index (κ2) is 36.1. The highest BCUT2D eigenvalue weighted by Gasteiger charge is 2.33. The number of aromatic hydroxyl groups is 3. The van der Waals surface area contributed by atoms with E-state index in [1.165, 1.54) is 24.3 Å². The zero-order valence-electron chi connectivity index (χ0n) is 68.0. The number of hydrogen-bond donors (Lipinski definition) is 3. The Morgan fingerprint density at radius 3 is 1.11 bits per heavy atom. The van der Waals surface area contributed by atoms with Crippen molar-refractivity contribution >= 4 is 147 Å². The maximum Gasteiger partial charge on any atom is 0.319 e. The number of halogens is 6. The molecule has 3 amide bonds. The predicted molar refractivity (Wildman–Crippen MR) is 470 cm³/mol. The molecule has 9 aromatic carbocycles. The number of amides is 3. The van der Waals surface area contributed by atoms with E-state index in [0.717, 1.165) is 71.3 Å². The first-order chi connectivity index (χ1) is 57.1. The minimum atomic E-state index is -0.600. The Balaban J connectivity index is 0.000000146. The molecule has 16 rings (SSSR count). The summed E-state index contributed by atoms with van der Waals surface area (Å²) in [7, 11) is 13.8. The normalized spacial score (nSPS) is 15.0. The van der Waals surface area contributed by atoms with E-state index < -0.39 is 17.5 Å². The van der Waals surface area contributed by atoms with Gasteiger partial charge in [-0.3, -0.25) is 14.4 Å². The molecule has 0 unspecified atom stereocenters. The minimum Gasteiger partial charge on any atom is -0.508 e. The summed E-state index contributed by atoms with van der Waals surface area (Å²) in [6, 6.07) is 37.2. The molecule has 0 atom stereocenters. The number of likely N-dealkylation sites (tertiary alicyclic amines) is 1. The number of hydrogen-bond acceptors (Lipinski definition) is 21. The second-order valence-electron chi connectivity index (χ2n) is 31.1. The number of nitrogens with zero attached hydrogens (tertiary/aromatic N) is 17. The van der Waals surface area contributed by atoms with E-state index in [1.807, 2.05) is 135 Å². The number of piperidine rings is 1. The Kier molecular flexibility index (Phi) is 25.5. The number of likely N-dealkylation sites (N-methyl/N-ethyl adjacent to an activating group) is 4. The molecule has 3 N–H and O–H groups in total. The molecule has 620 valence electrons. The molecule has 0 spiro atoms. The van der Waals surface area contributed by atoms with Gasteiger partial charge < -0.3 is 74.0 Å². The molecule has 3 aromatic heterocycles. The molecule has 0 bridgehead atoms. The van der Waals surface area contributed by atoms with Gasteiger partial charge in [-0.15, -0.1) is 0 Å². The number of rotatable bonds is 17. The van der Waals surface area contributed by atoms with Crippen molar-refractivity contribution in [3.8, 4) is 56.6 Å². The van der Waals surface area contributed by atoms with E-state index in [2.05, 4.69) is 38.2 Å². The first-order valence-electron chi connectivity index (χ1n) is 39.6. The topological polar surface area (TPSA) is 234 Å². The molecule has 4 aliphatic rings.